The molecule has 0 heterocycles. The molecule has 28 heavy (non-hydrogen) atoms. The van der Waals surface area contributed by atoms with Crippen molar-refractivity contribution in [3.05, 3.63) is 29.8 Å². The van der Waals surface area contributed by atoms with Crippen molar-refractivity contribution in [2.24, 2.45) is 5.92 Å². The maximum atomic E-state index is 12.5. The van der Waals surface area contributed by atoms with Crippen LogP contribution in [0.4, 0.5) is 0 Å². The second-order valence-corrected chi connectivity index (χ2v) is 8.06. The van der Waals surface area contributed by atoms with Gasteiger partial charge in [-0.25, -0.2) is 0 Å². The van der Waals surface area contributed by atoms with Gasteiger partial charge in [0.1, 0.15) is 5.75 Å². The van der Waals surface area contributed by atoms with Gasteiger partial charge in [0.05, 0.1) is 12.5 Å². The van der Waals surface area contributed by atoms with Gasteiger partial charge in [-0.15, -0.1) is 0 Å². The number of phenolic OH excluding ortho intramolecular Hbond substituents is 1. The molecular weight excluding hydrogens is 348 g/mol. The minimum atomic E-state index is -0.0763. The number of hydrogen-bond donors (Lipinski definition) is 1. The summed E-state index contributed by atoms with van der Waals surface area (Å²) in [6, 6.07) is 7.15. The van der Waals surface area contributed by atoms with E-state index < -0.39 is 0 Å². The van der Waals surface area contributed by atoms with E-state index >= 15 is 0 Å². The molecule has 1 N–H and O–H groups in total. The Morgan fingerprint density at radius 1 is 0.821 bits per heavy atom. The van der Waals surface area contributed by atoms with Gasteiger partial charge in [-0.3, -0.25) is 4.79 Å². The zero-order valence-electron chi connectivity index (χ0n) is 18.3. The molecule has 0 aliphatic rings. The maximum absolute atomic E-state index is 12.5. The maximum Gasteiger partial charge on any atom is 0.309 e. The van der Waals surface area contributed by atoms with E-state index in [1.54, 1.807) is 12.1 Å². The first-order valence-corrected chi connectivity index (χ1v) is 11.6. The van der Waals surface area contributed by atoms with Crippen LogP contribution in [0.1, 0.15) is 103 Å². The molecule has 0 spiro atoms. The van der Waals surface area contributed by atoms with Crippen molar-refractivity contribution < 1.29 is 14.6 Å². The number of rotatable bonds is 17. The van der Waals surface area contributed by atoms with Gasteiger partial charge < -0.3 is 9.84 Å². The van der Waals surface area contributed by atoms with Crippen LogP contribution in [-0.2, 0) is 16.0 Å². The van der Waals surface area contributed by atoms with Gasteiger partial charge in [-0.05, 0) is 37.0 Å². The smallest absolute Gasteiger partial charge is 0.309 e. The van der Waals surface area contributed by atoms with Crippen LogP contribution >= 0.6 is 0 Å². The third-order valence-electron chi connectivity index (χ3n) is 5.40. The number of ether oxygens (including phenoxy) is 1. The number of unbranched alkanes of at least 4 members (excludes halogenated alkanes) is 10. The highest BCUT2D eigenvalue weighted by Crippen LogP contribution is 2.19. The van der Waals surface area contributed by atoms with E-state index in [1.165, 1.54) is 51.4 Å². The summed E-state index contributed by atoms with van der Waals surface area (Å²) < 4.78 is 5.58. The molecule has 0 aliphatic heterocycles. The highest BCUT2D eigenvalue weighted by Gasteiger charge is 2.20. The van der Waals surface area contributed by atoms with Crippen LogP contribution in [0.3, 0.4) is 0 Å². The first kappa shape index (κ1) is 24.5. The molecular formula is C25H42O3. The standard InChI is InChI=1S/C25H42O3/c1-3-5-7-8-9-10-11-12-13-14-20-28-25(27)23(15-6-4-2)21-22-16-18-24(26)19-17-22/h16-19,23,26H,3-15,20-21H2,1-2H3. The van der Waals surface area contributed by atoms with Gasteiger partial charge in [0.15, 0.2) is 0 Å². The summed E-state index contributed by atoms with van der Waals surface area (Å²) >= 11 is 0. The minimum Gasteiger partial charge on any atom is -0.508 e. The predicted molar refractivity (Wildman–Crippen MR) is 118 cm³/mol. The fraction of sp³-hybridized carbons (Fsp3) is 0.720. The summed E-state index contributed by atoms with van der Waals surface area (Å²) in [6.45, 7) is 4.95. The van der Waals surface area contributed by atoms with Gasteiger partial charge in [-0.1, -0.05) is 96.6 Å². The normalized spacial score (nSPS) is 12.1. The molecule has 0 saturated carbocycles. The van der Waals surface area contributed by atoms with E-state index in [-0.39, 0.29) is 17.6 Å². The van der Waals surface area contributed by atoms with Gasteiger partial charge in [-0.2, -0.15) is 0 Å². The van der Waals surface area contributed by atoms with Crippen molar-refractivity contribution in [3.8, 4) is 5.75 Å². The van der Waals surface area contributed by atoms with Crippen LogP contribution in [0, 0.1) is 5.92 Å². The van der Waals surface area contributed by atoms with Crippen LogP contribution in [-0.4, -0.2) is 17.7 Å². The molecule has 1 aromatic rings. The second-order valence-electron chi connectivity index (χ2n) is 8.06. The van der Waals surface area contributed by atoms with E-state index in [1.807, 2.05) is 12.1 Å². The molecule has 1 unspecified atom stereocenters. The van der Waals surface area contributed by atoms with Crippen molar-refractivity contribution >= 4 is 5.97 Å². The molecule has 0 aromatic heterocycles. The Bertz CT molecular complexity index is 495. The fourth-order valence-corrected chi connectivity index (χ4v) is 3.55. The lowest BCUT2D eigenvalue weighted by atomic mass is 9.94. The van der Waals surface area contributed by atoms with Gasteiger partial charge in [0.2, 0.25) is 0 Å². The van der Waals surface area contributed by atoms with Crippen LogP contribution in [0.25, 0.3) is 0 Å². The van der Waals surface area contributed by atoms with E-state index in [0.29, 0.717) is 13.0 Å². The van der Waals surface area contributed by atoms with E-state index in [2.05, 4.69) is 13.8 Å². The van der Waals surface area contributed by atoms with Gasteiger partial charge >= 0.3 is 5.97 Å². The zero-order valence-corrected chi connectivity index (χ0v) is 18.3. The Morgan fingerprint density at radius 2 is 1.36 bits per heavy atom. The Balaban J connectivity index is 2.17. The third kappa shape index (κ3) is 12.0. The molecule has 3 nitrogen and oxygen atoms in total. The molecule has 1 rings (SSSR count). The lowest BCUT2D eigenvalue weighted by Crippen LogP contribution is -2.20. The molecule has 0 amide bonds. The Labute approximate surface area is 172 Å². The first-order chi connectivity index (χ1) is 13.7. The highest BCUT2D eigenvalue weighted by atomic mass is 16.5. The van der Waals surface area contributed by atoms with Gasteiger partial charge in [0.25, 0.3) is 0 Å². The zero-order chi connectivity index (χ0) is 20.5. The quantitative estimate of drug-likeness (QED) is 0.226. The summed E-state index contributed by atoms with van der Waals surface area (Å²) in [5.74, 6) is 0.127. The Hall–Kier alpha value is -1.51. The molecule has 0 aliphatic carbocycles. The minimum absolute atomic E-state index is 0.0579. The van der Waals surface area contributed by atoms with E-state index in [9.17, 15) is 9.90 Å². The Morgan fingerprint density at radius 3 is 1.93 bits per heavy atom. The number of benzene rings is 1. The van der Waals surface area contributed by atoms with Crippen LogP contribution in [0.5, 0.6) is 5.75 Å². The SMILES string of the molecule is CCCCCCCCCCCCOC(=O)C(CCCC)Cc1ccc(O)cc1. The van der Waals surface area contributed by atoms with Crippen LogP contribution in [0.15, 0.2) is 24.3 Å². The molecule has 1 aromatic carbocycles. The largest absolute Gasteiger partial charge is 0.508 e. The molecule has 3 heteroatoms. The monoisotopic (exact) mass is 390 g/mol. The number of esters is 1. The van der Waals surface area contributed by atoms with E-state index in [0.717, 1.165) is 37.7 Å². The van der Waals surface area contributed by atoms with Crippen molar-refractivity contribution in [1.82, 2.24) is 0 Å². The van der Waals surface area contributed by atoms with Crippen molar-refractivity contribution in [2.75, 3.05) is 6.61 Å². The third-order valence-corrected chi connectivity index (χ3v) is 5.40. The predicted octanol–water partition coefficient (Wildman–Crippen LogP) is 7.21. The average molecular weight is 391 g/mol. The molecule has 1 atom stereocenters. The number of hydrogen-bond acceptors (Lipinski definition) is 3. The molecule has 0 saturated heterocycles. The highest BCUT2D eigenvalue weighted by molar-refractivity contribution is 5.72. The second kappa shape index (κ2) is 16.4. The number of aromatic hydroxyl groups is 1. The summed E-state index contributed by atoms with van der Waals surface area (Å²) in [5, 5.41) is 9.42. The van der Waals surface area contributed by atoms with Crippen LogP contribution < -0.4 is 0 Å². The van der Waals surface area contributed by atoms with Crippen LogP contribution in [0.2, 0.25) is 0 Å². The fourth-order valence-electron chi connectivity index (χ4n) is 3.55. The number of carbonyl (C=O) groups is 1. The lowest BCUT2D eigenvalue weighted by molar-refractivity contribution is -0.149. The molecule has 160 valence electrons. The molecule has 0 bridgehead atoms. The lowest BCUT2D eigenvalue weighted by Gasteiger charge is -2.16. The first-order valence-electron chi connectivity index (χ1n) is 11.6. The summed E-state index contributed by atoms with van der Waals surface area (Å²) in [5.41, 5.74) is 1.08. The summed E-state index contributed by atoms with van der Waals surface area (Å²) in [6.07, 6.45) is 16.5. The average Bonchev–Trinajstić information content (AvgIpc) is 2.70. The summed E-state index contributed by atoms with van der Waals surface area (Å²) in [4.78, 5) is 12.5. The van der Waals surface area contributed by atoms with Crippen molar-refractivity contribution in [1.29, 1.82) is 0 Å². The topological polar surface area (TPSA) is 46.5 Å². The van der Waals surface area contributed by atoms with Gasteiger partial charge in [0, 0.05) is 0 Å². The Kier molecular flexibility index (Phi) is 14.4. The molecule has 0 radical (unpaired) electrons. The number of carbonyl (C=O) groups excluding carboxylic acids is 1. The van der Waals surface area contributed by atoms with E-state index in [4.69, 9.17) is 4.74 Å². The summed E-state index contributed by atoms with van der Waals surface area (Å²) in [7, 11) is 0. The number of phenols is 1. The molecule has 0 fully saturated rings. The van der Waals surface area contributed by atoms with Crippen molar-refractivity contribution in [3.63, 3.8) is 0 Å². The van der Waals surface area contributed by atoms with Crippen molar-refractivity contribution in [2.45, 2.75) is 104 Å².